The molecule has 0 aliphatic carbocycles. The quantitative estimate of drug-likeness (QED) is 0.538. The summed E-state index contributed by atoms with van der Waals surface area (Å²) in [5.74, 6) is 0. The van der Waals surface area contributed by atoms with Crippen LogP contribution in [0.5, 0.6) is 0 Å². The summed E-state index contributed by atoms with van der Waals surface area (Å²) in [5.41, 5.74) is 0.875. The van der Waals surface area contributed by atoms with Gasteiger partial charge in [0.2, 0.25) is 0 Å². The zero-order valence-corrected chi connectivity index (χ0v) is 7.09. The van der Waals surface area contributed by atoms with Gasteiger partial charge in [0.1, 0.15) is 0 Å². The summed E-state index contributed by atoms with van der Waals surface area (Å²) in [5, 5.41) is 0. The van der Waals surface area contributed by atoms with Crippen molar-refractivity contribution in [1.82, 2.24) is 0 Å². The fourth-order valence-electron chi connectivity index (χ4n) is 0.349. The Morgan fingerprint density at radius 2 is 1.90 bits per heavy atom. The Morgan fingerprint density at radius 3 is 2.00 bits per heavy atom. The summed E-state index contributed by atoms with van der Waals surface area (Å²) in [7, 11) is 0. The number of hydrogen-bond acceptors (Lipinski definition) is 2. The van der Waals surface area contributed by atoms with Crippen molar-refractivity contribution in [2.45, 2.75) is 27.2 Å². The Labute approximate surface area is 63.4 Å². The molecule has 0 fully saturated rings. The predicted octanol–water partition coefficient (Wildman–Crippen LogP) is 2.67. The van der Waals surface area contributed by atoms with Crippen molar-refractivity contribution in [3.05, 3.63) is 11.9 Å². The molecule has 0 amide bonds. The first-order chi connectivity index (χ1) is 4.85. The van der Waals surface area contributed by atoms with Crippen LogP contribution >= 0.6 is 0 Å². The van der Waals surface area contributed by atoms with Crippen molar-refractivity contribution in [1.29, 1.82) is 0 Å². The van der Waals surface area contributed by atoms with Gasteiger partial charge in [0.25, 0.3) is 0 Å². The maximum atomic E-state index is 3.67. The second-order valence-corrected chi connectivity index (χ2v) is 1.31. The van der Waals surface area contributed by atoms with Gasteiger partial charge in [-0.15, -0.1) is 0 Å². The Hall–Kier alpha value is -0.920. The van der Waals surface area contributed by atoms with Gasteiger partial charge < -0.3 is 0 Å². The van der Waals surface area contributed by atoms with Gasteiger partial charge in [0.15, 0.2) is 0 Å². The van der Waals surface area contributed by atoms with E-state index < -0.39 is 0 Å². The molecule has 0 aromatic heterocycles. The third-order valence-electron chi connectivity index (χ3n) is 0.806. The first-order valence-corrected chi connectivity index (χ1v) is 3.46. The first kappa shape index (κ1) is 11.8. The number of allylic oxidation sites excluding steroid dienone is 1. The fraction of sp³-hybridized carbons (Fsp3) is 0.500. The van der Waals surface area contributed by atoms with Gasteiger partial charge in [-0.2, -0.15) is 0 Å². The fourth-order valence-corrected chi connectivity index (χ4v) is 0.349. The molecule has 2 heteroatoms. The minimum absolute atomic E-state index is 0.864. The molecule has 10 heavy (non-hydrogen) atoms. The lowest BCUT2D eigenvalue weighted by atomic mass is 10.4. The van der Waals surface area contributed by atoms with Gasteiger partial charge >= 0.3 is 0 Å². The average Bonchev–Trinajstić information content (AvgIpc) is 2.04. The van der Waals surface area contributed by atoms with Gasteiger partial charge in [0.05, 0.1) is 5.70 Å². The van der Waals surface area contributed by atoms with Crippen LogP contribution < -0.4 is 0 Å². The van der Waals surface area contributed by atoms with Crippen molar-refractivity contribution >= 4 is 13.4 Å². The second kappa shape index (κ2) is 11.0. The lowest BCUT2D eigenvalue weighted by molar-refractivity contribution is 1.06. The van der Waals surface area contributed by atoms with Crippen molar-refractivity contribution in [3.63, 3.8) is 0 Å². The van der Waals surface area contributed by atoms with E-state index in [0.29, 0.717) is 0 Å². The molecule has 0 aromatic rings. The van der Waals surface area contributed by atoms with Crippen LogP contribution in [0.15, 0.2) is 21.9 Å². The van der Waals surface area contributed by atoms with E-state index in [1.165, 1.54) is 0 Å². The molecule has 58 valence electrons. The molecule has 0 spiro atoms. The minimum Gasteiger partial charge on any atom is -0.271 e. The highest BCUT2D eigenvalue weighted by Gasteiger charge is 1.81. The number of aliphatic imine (C=N–C) groups is 2. The summed E-state index contributed by atoms with van der Waals surface area (Å²) in [6.45, 7) is 12.6. The first-order valence-electron chi connectivity index (χ1n) is 3.46. The molecule has 0 saturated carbocycles. The molecule has 0 heterocycles. The number of nitrogens with zero attached hydrogens (tertiary/aromatic N) is 2. The summed E-state index contributed by atoms with van der Waals surface area (Å²) >= 11 is 0. The zero-order valence-electron chi connectivity index (χ0n) is 7.09. The highest BCUT2D eigenvalue weighted by Crippen LogP contribution is 1.98. The van der Waals surface area contributed by atoms with Crippen LogP contribution in [0.25, 0.3) is 0 Å². The molecule has 0 aromatic carbocycles. The van der Waals surface area contributed by atoms with Crippen LogP contribution in [0.2, 0.25) is 0 Å². The largest absolute Gasteiger partial charge is 0.271 e. The average molecular weight is 140 g/mol. The molecular formula is C8H16N2. The molecule has 0 atom stereocenters. The summed E-state index contributed by atoms with van der Waals surface area (Å²) in [6, 6.07) is 0. The predicted molar refractivity (Wildman–Crippen MR) is 48.8 cm³/mol. The van der Waals surface area contributed by atoms with Gasteiger partial charge in [-0.1, -0.05) is 20.8 Å². The van der Waals surface area contributed by atoms with Gasteiger partial charge in [-0.05, 0) is 19.9 Å². The summed E-state index contributed by atoms with van der Waals surface area (Å²) < 4.78 is 0. The molecule has 0 aliphatic heterocycles. The molecular weight excluding hydrogens is 124 g/mol. The Balaban J connectivity index is 0. The van der Waals surface area contributed by atoms with Crippen LogP contribution in [0.4, 0.5) is 0 Å². The zero-order chi connectivity index (χ0) is 8.41. The van der Waals surface area contributed by atoms with E-state index in [1.807, 2.05) is 20.8 Å². The maximum Gasteiger partial charge on any atom is 0.0575 e. The van der Waals surface area contributed by atoms with Gasteiger partial charge in [0, 0.05) is 6.20 Å². The highest BCUT2D eigenvalue weighted by atomic mass is 14.8. The molecule has 2 nitrogen and oxygen atoms in total. The summed E-state index contributed by atoms with van der Waals surface area (Å²) in [4.78, 5) is 7.21. The highest BCUT2D eigenvalue weighted by molar-refractivity contribution is 5.31. The van der Waals surface area contributed by atoms with Crippen LogP contribution in [-0.4, -0.2) is 13.4 Å². The van der Waals surface area contributed by atoms with Crippen molar-refractivity contribution in [2.24, 2.45) is 9.98 Å². The third kappa shape index (κ3) is 7.08. The van der Waals surface area contributed by atoms with E-state index >= 15 is 0 Å². The van der Waals surface area contributed by atoms with Crippen LogP contribution in [0.3, 0.4) is 0 Å². The Morgan fingerprint density at radius 1 is 1.40 bits per heavy atom. The van der Waals surface area contributed by atoms with Gasteiger partial charge in [-0.25, -0.2) is 0 Å². The molecule has 0 saturated heterocycles. The van der Waals surface area contributed by atoms with E-state index in [9.17, 15) is 0 Å². The lowest BCUT2D eigenvalue weighted by Crippen LogP contribution is -1.69. The van der Waals surface area contributed by atoms with Crippen molar-refractivity contribution in [2.75, 3.05) is 0 Å². The third-order valence-corrected chi connectivity index (χ3v) is 0.806. The SMILES string of the molecule is C=N/C=C(/CC)N=C.CC. The minimum atomic E-state index is 0.864. The van der Waals surface area contributed by atoms with Crippen molar-refractivity contribution in [3.8, 4) is 0 Å². The lowest BCUT2D eigenvalue weighted by Gasteiger charge is -1.87. The number of rotatable bonds is 3. The summed E-state index contributed by atoms with van der Waals surface area (Å²) in [6.07, 6.45) is 2.47. The van der Waals surface area contributed by atoms with Gasteiger partial charge in [-0.3, -0.25) is 9.98 Å². The Kier molecular flexibility index (Phi) is 13.0. The van der Waals surface area contributed by atoms with Crippen LogP contribution in [-0.2, 0) is 0 Å². The van der Waals surface area contributed by atoms with Crippen molar-refractivity contribution < 1.29 is 0 Å². The van der Waals surface area contributed by atoms with E-state index in [2.05, 4.69) is 23.4 Å². The monoisotopic (exact) mass is 140 g/mol. The van der Waals surface area contributed by atoms with Crippen LogP contribution in [0, 0.1) is 0 Å². The number of hydrogen-bond donors (Lipinski definition) is 0. The molecule has 0 bridgehead atoms. The van der Waals surface area contributed by atoms with E-state index in [1.54, 1.807) is 6.20 Å². The Bertz CT molecular complexity index is 114. The maximum absolute atomic E-state index is 3.67. The van der Waals surface area contributed by atoms with E-state index in [0.717, 1.165) is 12.1 Å². The molecule has 0 rings (SSSR count). The molecule has 0 radical (unpaired) electrons. The normalized spacial score (nSPS) is 9.30. The second-order valence-electron chi connectivity index (χ2n) is 1.31. The molecule has 0 N–H and O–H groups in total. The molecule has 0 aliphatic rings. The standard InChI is InChI=1S/C6H10N2.C2H6/c1-4-6(8-3)5-7-2;1-2/h5H,2-4H2,1H3;1-2H3/b6-5-;. The topological polar surface area (TPSA) is 24.7 Å². The smallest absolute Gasteiger partial charge is 0.0575 e. The van der Waals surface area contributed by atoms with E-state index in [-0.39, 0.29) is 0 Å². The van der Waals surface area contributed by atoms with Crippen LogP contribution in [0.1, 0.15) is 27.2 Å². The molecule has 0 unspecified atom stereocenters. The van der Waals surface area contributed by atoms with E-state index in [4.69, 9.17) is 0 Å².